The predicted octanol–water partition coefficient (Wildman–Crippen LogP) is 4.81. The Kier molecular flexibility index (Phi) is 4.88. The van der Waals surface area contributed by atoms with E-state index in [4.69, 9.17) is 11.6 Å². The maximum absolute atomic E-state index is 13.2. The lowest BCUT2D eigenvalue weighted by Crippen LogP contribution is -2.42. The van der Waals surface area contributed by atoms with Crippen LogP contribution in [0.4, 0.5) is 0 Å². The highest BCUT2D eigenvalue weighted by molar-refractivity contribution is 6.38. The first-order valence-corrected chi connectivity index (χ1v) is 10.1. The SMILES string of the molecule is Cc1ccc(-n2nc(C)c3c(Cl)c(C(=O)N4C[C@H](C)C[C@@H](C)C4)cnc32)cc1. The summed E-state index contributed by atoms with van der Waals surface area (Å²) in [6.45, 7) is 9.85. The van der Waals surface area contributed by atoms with E-state index in [9.17, 15) is 4.79 Å². The Morgan fingerprint density at radius 2 is 1.75 bits per heavy atom. The molecule has 6 heteroatoms. The van der Waals surface area contributed by atoms with Crippen LogP contribution in [-0.2, 0) is 0 Å². The number of hydrogen-bond acceptors (Lipinski definition) is 3. The molecule has 1 aliphatic heterocycles. The first kappa shape index (κ1) is 18.9. The van der Waals surface area contributed by atoms with Crippen molar-refractivity contribution in [1.29, 1.82) is 0 Å². The number of likely N-dealkylation sites (tertiary alicyclic amines) is 1. The van der Waals surface area contributed by atoms with Crippen LogP contribution < -0.4 is 0 Å². The summed E-state index contributed by atoms with van der Waals surface area (Å²) in [5.74, 6) is 0.948. The number of piperidine rings is 1. The first-order chi connectivity index (χ1) is 13.3. The first-order valence-electron chi connectivity index (χ1n) is 9.75. The van der Waals surface area contributed by atoms with Gasteiger partial charge >= 0.3 is 0 Å². The van der Waals surface area contributed by atoms with E-state index in [-0.39, 0.29) is 5.91 Å². The van der Waals surface area contributed by atoms with Crippen LogP contribution in [0.2, 0.25) is 5.02 Å². The normalized spacial score (nSPS) is 20.0. The molecule has 1 aliphatic rings. The molecule has 5 nitrogen and oxygen atoms in total. The predicted molar refractivity (Wildman–Crippen MR) is 112 cm³/mol. The topological polar surface area (TPSA) is 51.0 Å². The average molecular weight is 397 g/mol. The number of benzene rings is 1. The van der Waals surface area contributed by atoms with Crippen molar-refractivity contribution in [3.05, 3.63) is 52.3 Å². The van der Waals surface area contributed by atoms with E-state index in [2.05, 4.69) is 23.9 Å². The average Bonchev–Trinajstić information content (AvgIpc) is 2.99. The lowest BCUT2D eigenvalue weighted by Gasteiger charge is -2.35. The molecule has 0 aliphatic carbocycles. The van der Waals surface area contributed by atoms with E-state index in [0.29, 0.717) is 28.1 Å². The summed E-state index contributed by atoms with van der Waals surface area (Å²) in [6, 6.07) is 8.09. The molecule has 3 heterocycles. The van der Waals surface area contributed by atoms with Crippen molar-refractivity contribution in [2.45, 2.75) is 34.1 Å². The molecule has 2 atom stereocenters. The molecule has 1 amide bonds. The largest absolute Gasteiger partial charge is 0.338 e. The number of hydrogen-bond donors (Lipinski definition) is 0. The zero-order valence-electron chi connectivity index (χ0n) is 16.7. The number of fused-ring (bicyclic) bond motifs is 1. The monoisotopic (exact) mass is 396 g/mol. The van der Waals surface area contributed by atoms with Gasteiger partial charge in [0.25, 0.3) is 5.91 Å². The Hall–Kier alpha value is -2.40. The number of amides is 1. The van der Waals surface area contributed by atoms with Gasteiger partial charge in [0.05, 0.1) is 27.4 Å². The Morgan fingerprint density at radius 3 is 2.39 bits per heavy atom. The van der Waals surface area contributed by atoms with Crippen LogP contribution in [0.3, 0.4) is 0 Å². The highest BCUT2D eigenvalue weighted by Gasteiger charge is 2.29. The highest BCUT2D eigenvalue weighted by Crippen LogP contribution is 2.32. The third-order valence-corrected chi connectivity index (χ3v) is 5.87. The summed E-state index contributed by atoms with van der Waals surface area (Å²) >= 11 is 6.72. The standard InChI is InChI=1S/C22H25ClN4O/c1-13-5-7-17(8-6-13)27-21-19(16(4)25-27)20(23)18(10-24-21)22(28)26-11-14(2)9-15(3)12-26/h5-8,10,14-15H,9,11-12H2,1-4H3/t14-,15-/m1/s1. The molecule has 3 aromatic rings. The van der Waals surface area contributed by atoms with Crippen LogP contribution in [-0.4, -0.2) is 38.7 Å². The van der Waals surface area contributed by atoms with Gasteiger partial charge in [-0.1, -0.05) is 43.1 Å². The van der Waals surface area contributed by atoms with Gasteiger partial charge in [-0.15, -0.1) is 0 Å². The molecular weight excluding hydrogens is 372 g/mol. The van der Waals surface area contributed by atoms with E-state index < -0.39 is 0 Å². The van der Waals surface area contributed by atoms with Gasteiger partial charge in [0.15, 0.2) is 5.65 Å². The Bertz CT molecular complexity index is 1030. The molecule has 0 saturated carbocycles. The minimum atomic E-state index is -0.0414. The molecule has 2 aromatic heterocycles. The molecule has 1 fully saturated rings. The number of carbonyl (C=O) groups is 1. The number of rotatable bonds is 2. The van der Waals surface area contributed by atoms with Gasteiger partial charge in [-0.2, -0.15) is 5.10 Å². The summed E-state index contributed by atoms with van der Waals surface area (Å²) in [5.41, 5.74) is 4.00. The fourth-order valence-corrected chi connectivity index (χ4v) is 4.57. The van der Waals surface area contributed by atoms with Crippen LogP contribution in [0.25, 0.3) is 16.7 Å². The van der Waals surface area contributed by atoms with Gasteiger partial charge in [0.2, 0.25) is 0 Å². The lowest BCUT2D eigenvalue weighted by molar-refractivity contribution is 0.0623. The summed E-state index contributed by atoms with van der Waals surface area (Å²) in [6.07, 6.45) is 2.75. The van der Waals surface area contributed by atoms with Crippen LogP contribution in [0.5, 0.6) is 0 Å². The molecule has 28 heavy (non-hydrogen) atoms. The van der Waals surface area contributed by atoms with E-state index >= 15 is 0 Å². The number of aryl methyl sites for hydroxylation is 2. The van der Waals surface area contributed by atoms with Crippen LogP contribution in [0.15, 0.2) is 30.5 Å². The minimum Gasteiger partial charge on any atom is -0.338 e. The number of pyridine rings is 1. The van der Waals surface area contributed by atoms with Crippen molar-refractivity contribution in [3.8, 4) is 5.69 Å². The highest BCUT2D eigenvalue weighted by atomic mass is 35.5. The number of carbonyl (C=O) groups excluding carboxylic acids is 1. The number of halogens is 1. The van der Waals surface area contributed by atoms with Gasteiger partial charge in [-0.05, 0) is 44.2 Å². The third kappa shape index (κ3) is 3.28. The van der Waals surface area contributed by atoms with Crippen molar-refractivity contribution in [2.75, 3.05) is 13.1 Å². The van der Waals surface area contributed by atoms with Crippen molar-refractivity contribution < 1.29 is 4.79 Å². The zero-order valence-corrected chi connectivity index (χ0v) is 17.5. The Balaban J connectivity index is 1.76. The summed E-state index contributed by atoms with van der Waals surface area (Å²) in [5, 5.41) is 5.82. The van der Waals surface area contributed by atoms with E-state index in [1.165, 1.54) is 5.56 Å². The van der Waals surface area contributed by atoms with Gasteiger partial charge in [-0.25, -0.2) is 9.67 Å². The second-order valence-corrected chi connectivity index (χ2v) is 8.55. The third-order valence-electron chi connectivity index (χ3n) is 5.47. The number of aromatic nitrogens is 3. The molecule has 4 rings (SSSR count). The smallest absolute Gasteiger partial charge is 0.256 e. The van der Waals surface area contributed by atoms with Crippen molar-refractivity contribution in [3.63, 3.8) is 0 Å². The number of nitrogens with zero attached hydrogens (tertiary/aromatic N) is 4. The molecule has 0 N–H and O–H groups in total. The molecule has 1 saturated heterocycles. The Labute approximate surface area is 170 Å². The lowest BCUT2D eigenvalue weighted by atomic mass is 9.91. The molecule has 0 radical (unpaired) electrons. The second-order valence-electron chi connectivity index (χ2n) is 8.17. The van der Waals surface area contributed by atoms with Crippen molar-refractivity contribution in [2.24, 2.45) is 11.8 Å². The van der Waals surface area contributed by atoms with Crippen LogP contribution >= 0.6 is 11.6 Å². The molecule has 146 valence electrons. The van der Waals surface area contributed by atoms with Crippen LogP contribution in [0, 0.1) is 25.7 Å². The maximum atomic E-state index is 13.2. The van der Waals surface area contributed by atoms with Crippen LogP contribution in [0.1, 0.15) is 41.9 Å². The van der Waals surface area contributed by atoms with E-state index in [0.717, 1.165) is 36.3 Å². The van der Waals surface area contributed by atoms with Gasteiger partial charge in [0, 0.05) is 19.3 Å². The second kappa shape index (κ2) is 7.21. The zero-order chi connectivity index (χ0) is 20.0. The van der Waals surface area contributed by atoms with E-state index in [1.54, 1.807) is 10.9 Å². The summed E-state index contributed by atoms with van der Waals surface area (Å²) < 4.78 is 1.79. The summed E-state index contributed by atoms with van der Waals surface area (Å²) in [7, 11) is 0. The van der Waals surface area contributed by atoms with Gasteiger partial charge in [-0.3, -0.25) is 4.79 Å². The van der Waals surface area contributed by atoms with Crippen molar-refractivity contribution in [1.82, 2.24) is 19.7 Å². The molecule has 0 spiro atoms. The fraction of sp³-hybridized carbons (Fsp3) is 0.409. The van der Waals surface area contributed by atoms with Gasteiger partial charge in [0.1, 0.15) is 0 Å². The molecular formula is C22H25ClN4O. The molecule has 0 bridgehead atoms. The van der Waals surface area contributed by atoms with Gasteiger partial charge < -0.3 is 4.90 Å². The Morgan fingerprint density at radius 1 is 1.11 bits per heavy atom. The van der Waals surface area contributed by atoms with Crippen molar-refractivity contribution >= 4 is 28.5 Å². The molecule has 1 aromatic carbocycles. The summed E-state index contributed by atoms with van der Waals surface area (Å²) in [4.78, 5) is 19.6. The maximum Gasteiger partial charge on any atom is 0.256 e. The van der Waals surface area contributed by atoms with E-state index in [1.807, 2.05) is 43.0 Å². The fourth-order valence-electron chi connectivity index (χ4n) is 4.22. The molecule has 0 unspecified atom stereocenters. The minimum absolute atomic E-state index is 0.0414. The quantitative estimate of drug-likeness (QED) is 0.624.